The fraction of sp³-hybridized carbons (Fsp3) is 0.409. The molecule has 1 saturated heterocycles. The third-order valence-electron chi connectivity index (χ3n) is 6.70. The zero-order valence-corrected chi connectivity index (χ0v) is 17.1. The summed E-state index contributed by atoms with van der Waals surface area (Å²) < 4.78 is 28.7. The Balaban J connectivity index is 1.52. The fourth-order valence-electron chi connectivity index (χ4n) is 5.21. The van der Waals surface area contributed by atoms with Crippen LogP contribution in [0.15, 0.2) is 35.3 Å². The van der Waals surface area contributed by atoms with E-state index in [4.69, 9.17) is 0 Å². The molecule has 0 radical (unpaired) electrons. The van der Waals surface area contributed by atoms with Gasteiger partial charge in [-0.15, -0.1) is 0 Å². The molecule has 2 aliphatic heterocycles. The lowest BCUT2D eigenvalue weighted by Crippen LogP contribution is -2.69. The van der Waals surface area contributed by atoms with Gasteiger partial charge in [-0.2, -0.15) is 0 Å². The number of carbonyl (C=O) groups is 2. The Hall–Kier alpha value is -3.27. The molecule has 1 aromatic heterocycles. The van der Waals surface area contributed by atoms with Crippen LogP contribution in [-0.4, -0.2) is 44.1 Å². The van der Waals surface area contributed by atoms with Gasteiger partial charge < -0.3 is 19.9 Å². The van der Waals surface area contributed by atoms with Crippen LogP contribution in [0.25, 0.3) is 0 Å². The molecule has 3 N–H and O–H groups in total. The van der Waals surface area contributed by atoms with Gasteiger partial charge in [-0.3, -0.25) is 19.7 Å². The average Bonchev–Trinajstić information content (AvgIpc) is 3.11. The quantitative estimate of drug-likeness (QED) is 0.661. The number of hydrogen-bond donors (Lipinski definition) is 3. The van der Waals surface area contributed by atoms with E-state index in [9.17, 15) is 28.3 Å². The van der Waals surface area contributed by atoms with Crippen molar-refractivity contribution < 1.29 is 23.5 Å². The number of aromatic hydroxyl groups is 1. The molecule has 10 heteroatoms. The number of rotatable bonds is 3. The molecule has 1 saturated carbocycles. The van der Waals surface area contributed by atoms with Crippen LogP contribution in [0.2, 0.25) is 0 Å². The van der Waals surface area contributed by atoms with Crippen molar-refractivity contribution in [1.29, 1.82) is 0 Å². The summed E-state index contributed by atoms with van der Waals surface area (Å²) in [6.07, 6.45) is 4.67. The Labute approximate surface area is 181 Å². The van der Waals surface area contributed by atoms with Crippen molar-refractivity contribution in [2.24, 2.45) is 0 Å². The van der Waals surface area contributed by atoms with Crippen LogP contribution < -0.4 is 16.1 Å². The van der Waals surface area contributed by atoms with E-state index in [1.807, 2.05) is 0 Å². The normalized spacial score (nSPS) is 26.3. The molecule has 0 spiro atoms. The Kier molecular flexibility index (Phi) is 4.77. The standard InChI is InChI=1S/C22H22F2N4O4/c23-13-6-5-12(14(24)9-13)10-25-21(32)22-11-27-8-7-17(29)19(30)18(27)20(31)28(22)16-4-2-1-3-15(16)26-22/h5-9,15-16,26,30H,1-4,10-11H2,(H,25,32)/t15-,16-,22-/m0/s1. The van der Waals surface area contributed by atoms with Gasteiger partial charge in [-0.25, -0.2) is 8.78 Å². The number of aromatic nitrogens is 1. The number of nitrogens with one attached hydrogen (secondary N) is 2. The zero-order valence-electron chi connectivity index (χ0n) is 17.1. The molecule has 8 nitrogen and oxygen atoms in total. The minimum atomic E-state index is -1.46. The highest BCUT2D eigenvalue weighted by Gasteiger charge is 2.61. The van der Waals surface area contributed by atoms with Gasteiger partial charge >= 0.3 is 0 Å². The average molecular weight is 444 g/mol. The number of nitrogens with zero attached hydrogens (tertiary/aromatic N) is 2. The summed E-state index contributed by atoms with van der Waals surface area (Å²) in [7, 11) is 0. The molecular formula is C22H22F2N4O4. The van der Waals surface area contributed by atoms with Gasteiger partial charge in [0.1, 0.15) is 11.6 Å². The number of halogens is 2. The van der Waals surface area contributed by atoms with Crippen LogP contribution >= 0.6 is 0 Å². The first-order valence-electron chi connectivity index (χ1n) is 10.6. The van der Waals surface area contributed by atoms with Gasteiger partial charge in [0, 0.05) is 42.5 Å². The number of amides is 2. The molecule has 3 aliphatic rings. The van der Waals surface area contributed by atoms with Gasteiger partial charge in [0.05, 0.1) is 6.54 Å². The molecule has 2 amide bonds. The van der Waals surface area contributed by atoms with Crippen LogP contribution in [0.1, 0.15) is 41.7 Å². The van der Waals surface area contributed by atoms with E-state index in [-0.39, 0.29) is 36.4 Å². The van der Waals surface area contributed by atoms with Crippen LogP contribution in [0.3, 0.4) is 0 Å². The first-order valence-corrected chi connectivity index (χ1v) is 10.6. The molecule has 3 atom stereocenters. The van der Waals surface area contributed by atoms with Gasteiger partial charge in [0.25, 0.3) is 11.8 Å². The van der Waals surface area contributed by atoms with Gasteiger partial charge in [-0.1, -0.05) is 18.9 Å². The molecule has 32 heavy (non-hydrogen) atoms. The molecule has 1 aliphatic carbocycles. The third-order valence-corrected chi connectivity index (χ3v) is 6.70. The topological polar surface area (TPSA) is 104 Å². The summed E-state index contributed by atoms with van der Waals surface area (Å²) >= 11 is 0. The van der Waals surface area contributed by atoms with Crippen LogP contribution in [0.5, 0.6) is 5.75 Å². The maximum absolute atomic E-state index is 14.1. The molecule has 1 aromatic carbocycles. The summed E-state index contributed by atoms with van der Waals surface area (Å²) in [6.45, 7) is -0.208. The first-order chi connectivity index (χ1) is 15.3. The summed E-state index contributed by atoms with van der Waals surface area (Å²) in [5, 5.41) is 16.3. The molecule has 3 heterocycles. The van der Waals surface area contributed by atoms with Gasteiger partial charge in [0.15, 0.2) is 17.1 Å². The fourth-order valence-corrected chi connectivity index (χ4v) is 5.21. The second-order valence-corrected chi connectivity index (χ2v) is 8.56. The maximum Gasteiger partial charge on any atom is 0.276 e. The Morgan fingerprint density at radius 1 is 1.22 bits per heavy atom. The van der Waals surface area contributed by atoms with Gasteiger partial charge in [-0.05, 0) is 18.9 Å². The van der Waals surface area contributed by atoms with E-state index in [0.29, 0.717) is 6.42 Å². The lowest BCUT2D eigenvalue weighted by Gasteiger charge is -2.43. The molecule has 2 fully saturated rings. The highest BCUT2D eigenvalue weighted by Crippen LogP contribution is 2.40. The van der Waals surface area contributed by atoms with Gasteiger partial charge in [0.2, 0.25) is 5.43 Å². The van der Waals surface area contributed by atoms with E-state index in [0.717, 1.165) is 37.5 Å². The summed E-state index contributed by atoms with van der Waals surface area (Å²) in [4.78, 5) is 40.4. The molecule has 0 unspecified atom stereocenters. The molecule has 2 aromatic rings. The van der Waals surface area contributed by atoms with E-state index in [2.05, 4.69) is 10.6 Å². The largest absolute Gasteiger partial charge is 0.503 e. The number of hydrogen-bond acceptors (Lipinski definition) is 5. The predicted molar refractivity (Wildman–Crippen MR) is 109 cm³/mol. The van der Waals surface area contributed by atoms with Crippen LogP contribution in [0.4, 0.5) is 8.78 Å². The van der Waals surface area contributed by atoms with Crippen molar-refractivity contribution in [3.05, 3.63) is 63.6 Å². The highest BCUT2D eigenvalue weighted by atomic mass is 19.1. The number of carbonyl (C=O) groups excluding carboxylic acids is 2. The molecule has 5 rings (SSSR count). The predicted octanol–water partition coefficient (Wildman–Crippen LogP) is 1.21. The van der Waals surface area contributed by atoms with E-state index < -0.39 is 40.3 Å². The lowest BCUT2D eigenvalue weighted by molar-refractivity contribution is -0.134. The Morgan fingerprint density at radius 3 is 2.78 bits per heavy atom. The van der Waals surface area contributed by atoms with Crippen LogP contribution in [-0.2, 0) is 17.9 Å². The summed E-state index contributed by atoms with van der Waals surface area (Å²) in [6, 6.07) is 3.86. The molecular weight excluding hydrogens is 422 g/mol. The first kappa shape index (κ1) is 20.6. The third kappa shape index (κ3) is 3.01. The molecule has 168 valence electrons. The van der Waals surface area contributed by atoms with E-state index in [1.54, 1.807) is 0 Å². The van der Waals surface area contributed by atoms with E-state index in [1.165, 1.54) is 21.7 Å². The molecule has 0 bridgehead atoms. The van der Waals surface area contributed by atoms with Crippen molar-refractivity contribution in [2.75, 3.05) is 0 Å². The van der Waals surface area contributed by atoms with Crippen LogP contribution in [0, 0.1) is 11.6 Å². The minimum Gasteiger partial charge on any atom is -0.503 e. The van der Waals surface area contributed by atoms with Crippen molar-refractivity contribution in [3.8, 4) is 5.75 Å². The van der Waals surface area contributed by atoms with Crippen molar-refractivity contribution in [1.82, 2.24) is 20.1 Å². The summed E-state index contributed by atoms with van der Waals surface area (Å²) in [5.74, 6) is -3.27. The summed E-state index contributed by atoms with van der Waals surface area (Å²) in [5.41, 5.74) is -2.15. The number of fused-ring (bicyclic) bond motifs is 4. The number of pyridine rings is 1. The second kappa shape index (κ2) is 7.40. The van der Waals surface area contributed by atoms with Crippen molar-refractivity contribution >= 4 is 11.8 Å². The lowest BCUT2D eigenvalue weighted by atomic mass is 9.90. The monoisotopic (exact) mass is 444 g/mol. The Morgan fingerprint density at radius 2 is 2.00 bits per heavy atom. The number of benzene rings is 1. The second-order valence-electron chi connectivity index (χ2n) is 8.56. The maximum atomic E-state index is 14.1. The SMILES string of the molecule is O=C1c2c(O)c(=O)ccn2C[C@]2(C(=O)NCc3ccc(F)cc3F)N[C@H]3CCCC[C@@H]3N12. The van der Waals surface area contributed by atoms with Crippen molar-refractivity contribution in [2.45, 2.75) is 56.5 Å². The van der Waals surface area contributed by atoms with E-state index >= 15 is 0 Å². The zero-order chi connectivity index (χ0) is 22.6. The minimum absolute atomic E-state index is 0.0212. The Bertz CT molecular complexity index is 1180. The van der Waals surface area contributed by atoms with Crippen molar-refractivity contribution in [3.63, 3.8) is 0 Å². The smallest absolute Gasteiger partial charge is 0.276 e. The highest BCUT2D eigenvalue weighted by molar-refractivity contribution is 6.02.